The topological polar surface area (TPSA) is 28.7 Å². The molecule has 24 heavy (non-hydrogen) atoms. The molecule has 0 saturated carbocycles. The van der Waals surface area contributed by atoms with Gasteiger partial charge in [0, 0.05) is 23.3 Å². The summed E-state index contributed by atoms with van der Waals surface area (Å²) >= 11 is 0. The molecule has 0 radical (unpaired) electrons. The van der Waals surface area contributed by atoms with E-state index in [2.05, 4.69) is 53.3 Å². The average molecular weight is 320 g/mol. The van der Waals surface area contributed by atoms with Gasteiger partial charge in [-0.2, -0.15) is 0 Å². The summed E-state index contributed by atoms with van der Waals surface area (Å²) in [5, 5.41) is 1.17. The summed E-state index contributed by atoms with van der Waals surface area (Å²) in [6.07, 6.45) is 14.7. The van der Waals surface area contributed by atoms with E-state index in [9.17, 15) is 0 Å². The van der Waals surface area contributed by atoms with E-state index >= 15 is 0 Å². The molecular formula is C22H28N2. The smallest absolute Gasteiger partial charge is 0.137 e. The average Bonchev–Trinajstić information content (AvgIpc) is 3.09. The minimum Gasteiger partial charge on any atom is -0.346 e. The predicted octanol–water partition coefficient (Wildman–Crippen LogP) is 6.52. The zero-order chi connectivity index (χ0) is 16.6. The molecule has 2 heteroatoms. The Morgan fingerprint density at radius 3 is 2.38 bits per heavy atom. The number of hydrogen-bond donors (Lipinski definition) is 1. The summed E-state index contributed by atoms with van der Waals surface area (Å²) in [5.74, 6) is 0. The number of hydrogen-bond acceptors (Lipinski definition) is 1. The second kappa shape index (κ2) is 8.68. The van der Waals surface area contributed by atoms with Crippen molar-refractivity contribution in [2.24, 2.45) is 0 Å². The van der Waals surface area contributed by atoms with Gasteiger partial charge in [0.15, 0.2) is 0 Å². The maximum atomic E-state index is 4.48. The number of unbranched alkanes of at least 4 members (excludes halogenated alkanes) is 6. The molecule has 0 aliphatic heterocycles. The van der Waals surface area contributed by atoms with Gasteiger partial charge in [0.25, 0.3) is 0 Å². The summed E-state index contributed by atoms with van der Waals surface area (Å²) in [6, 6.07) is 13.3. The first-order valence-electron chi connectivity index (χ1n) is 9.39. The van der Waals surface area contributed by atoms with Crippen LogP contribution in [0.4, 0.5) is 0 Å². The molecule has 3 rings (SSSR count). The number of rotatable bonds is 9. The first kappa shape index (κ1) is 16.8. The Morgan fingerprint density at radius 1 is 0.833 bits per heavy atom. The maximum Gasteiger partial charge on any atom is 0.137 e. The van der Waals surface area contributed by atoms with Crippen LogP contribution >= 0.6 is 0 Å². The maximum absolute atomic E-state index is 4.48. The second-order valence-corrected chi connectivity index (χ2v) is 6.71. The summed E-state index contributed by atoms with van der Waals surface area (Å²) in [6.45, 7) is 2.27. The lowest BCUT2D eigenvalue weighted by Gasteiger charge is -2.05. The van der Waals surface area contributed by atoms with Crippen molar-refractivity contribution in [3.05, 3.63) is 54.4 Å². The molecule has 1 N–H and O–H groups in total. The van der Waals surface area contributed by atoms with Crippen LogP contribution in [0.3, 0.4) is 0 Å². The van der Waals surface area contributed by atoms with Crippen LogP contribution in [0, 0.1) is 0 Å². The summed E-state index contributed by atoms with van der Waals surface area (Å²) in [7, 11) is 0. The summed E-state index contributed by atoms with van der Waals surface area (Å²) in [4.78, 5) is 7.62. The minimum atomic E-state index is 0.953. The molecule has 1 aromatic carbocycles. The zero-order valence-corrected chi connectivity index (χ0v) is 14.7. The summed E-state index contributed by atoms with van der Waals surface area (Å²) in [5.41, 5.74) is 4.83. The third-order valence-corrected chi connectivity index (χ3v) is 4.76. The van der Waals surface area contributed by atoms with Crippen molar-refractivity contribution < 1.29 is 0 Å². The normalized spacial score (nSPS) is 11.2. The molecule has 0 spiro atoms. The molecule has 0 unspecified atom stereocenters. The molecule has 0 atom stereocenters. The van der Waals surface area contributed by atoms with E-state index in [0.717, 1.165) is 5.65 Å². The monoisotopic (exact) mass is 320 g/mol. The SMILES string of the molecule is CCCCCCCCCc1ccc(-c2cnc3[nH]ccc3c2)cc1. The Labute approximate surface area is 145 Å². The van der Waals surface area contributed by atoms with Gasteiger partial charge in [-0.15, -0.1) is 0 Å². The van der Waals surface area contributed by atoms with Gasteiger partial charge in [0.1, 0.15) is 5.65 Å². The van der Waals surface area contributed by atoms with Crippen molar-refractivity contribution in [3.8, 4) is 11.1 Å². The number of benzene rings is 1. The van der Waals surface area contributed by atoms with Gasteiger partial charge >= 0.3 is 0 Å². The molecule has 0 amide bonds. The van der Waals surface area contributed by atoms with Crippen LogP contribution in [-0.4, -0.2) is 9.97 Å². The van der Waals surface area contributed by atoms with E-state index in [0.29, 0.717) is 0 Å². The molecule has 126 valence electrons. The number of aromatic amines is 1. The first-order chi connectivity index (χ1) is 11.9. The minimum absolute atomic E-state index is 0.953. The Balaban J connectivity index is 1.50. The number of nitrogens with zero attached hydrogens (tertiary/aromatic N) is 1. The van der Waals surface area contributed by atoms with E-state index in [1.807, 2.05) is 12.4 Å². The molecule has 3 aromatic rings. The van der Waals surface area contributed by atoms with Crippen LogP contribution in [0.5, 0.6) is 0 Å². The number of aryl methyl sites for hydroxylation is 1. The molecule has 2 aromatic heterocycles. The molecule has 0 fully saturated rings. The Morgan fingerprint density at radius 2 is 1.58 bits per heavy atom. The summed E-state index contributed by atoms with van der Waals surface area (Å²) < 4.78 is 0. The molecule has 0 aliphatic rings. The van der Waals surface area contributed by atoms with Crippen molar-refractivity contribution >= 4 is 11.0 Å². The van der Waals surface area contributed by atoms with Gasteiger partial charge in [-0.1, -0.05) is 69.7 Å². The molecule has 2 heterocycles. The highest BCUT2D eigenvalue weighted by atomic mass is 14.8. The van der Waals surface area contributed by atoms with Crippen LogP contribution in [0.15, 0.2) is 48.8 Å². The van der Waals surface area contributed by atoms with Crippen molar-refractivity contribution in [2.45, 2.75) is 58.3 Å². The highest BCUT2D eigenvalue weighted by molar-refractivity contribution is 5.81. The lowest BCUT2D eigenvalue weighted by Crippen LogP contribution is -1.87. The zero-order valence-electron chi connectivity index (χ0n) is 14.7. The number of pyridine rings is 1. The Bertz CT molecular complexity index is 740. The first-order valence-corrected chi connectivity index (χ1v) is 9.39. The van der Waals surface area contributed by atoms with Gasteiger partial charge in [0.05, 0.1) is 0 Å². The lowest BCUT2D eigenvalue weighted by atomic mass is 10.0. The van der Waals surface area contributed by atoms with E-state index in [1.165, 1.54) is 73.4 Å². The second-order valence-electron chi connectivity index (χ2n) is 6.71. The van der Waals surface area contributed by atoms with Crippen molar-refractivity contribution in [1.29, 1.82) is 0 Å². The third-order valence-electron chi connectivity index (χ3n) is 4.76. The number of nitrogens with one attached hydrogen (secondary N) is 1. The molecule has 0 saturated heterocycles. The fourth-order valence-corrected chi connectivity index (χ4v) is 3.25. The number of H-pyrrole nitrogens is 1. The Hall–Kier alpha value is -2.09. The van der Waals surface area contributed by atoms with Crippen molar-refractivity contribution in [1.82, 2.24) is 9.97 Å². The predicted molar refractivity (Wildman–Crippen MR) is 103 cm³/mol. The van der Waals surface area contributed by atoms with Gasteiger partial charge in [0.2, 0.25) is 0 Å². The standard InChI is InChI=1S/C22H28N2/c1-2-3-4-5-6-7-8-9-18-10-12-19(13-11-18)21-16-20-14-15-23-22(20)24-17-21/h10-17H,2-9H2,1H3,(H,23,24). The molecule has 2 nitrogen and oxygen atoms in total. The van der Waals surface area contributed by atoms with Crippen LogP contribution < -0.4 is 0 Å². The molecular weight excluding hydrogens is 292 g/mol. The third kappa shape index (κ3) is 4.47. The van der Waals surface area contributed by atoms with Gasteiger partial charge in [-0.05, 0) is 36.1 Å². The highest BCUT2D eigenvalue weighted by Crippen LogP contribution is 2.23. The van der Waals surface area contributed by atoms with Gasteiger partial charge in [-0.3, -0.25) is 0 Å². The molecule has 0 bridgehead atoms. The Kier molecular flexibility index (Phi) is 6.06. The fourth-order valence-electron chi connectivity index (χ4n) is 3.25. The molecule has 0 aliphatic carbocycles. The van der Waals surface area contributed by atoms with Crippen molar-refractivity contribution in [3.63, 3.8) is 0 Å². The van der Waals surface area contributed by atoms with E-state index in [4.69, 9.17) is 0 Å². The highest BCUT2D eigenvalue weighted by Gasteiger charge is 2.02. The van der Waals surface area contributed by atoms with Gasteiger partial charge < -0.3 is 4.98 Å². The van der Waals surface area contributed by atoms with Crippen LogP contribution in [0.25, 0.3) is 22.2 Å². The van der Waals surface area contributed by atoms with Crippen molar-refractivity contribution in [2.75, 3.05) is 0 Å². The van der Waals surface area contributed by atoms with Crippen LogP contribution in [0.1, 0.15) is 57.4 Å². The van der Waals surface area contributed by atoms with Crippen LogP contribution in [0.2, 0.25) is 0 Å². The lowest BCUT2D eigenvalue weighted by molar-refractivity contribution is 0.589. The van der Waals surface area contributed by atoms with E-state index in [-0.39, 0.29) is 0 Å². The van der Waals surface area contributed by atoms with E-state index in [1.54, 1.807) is 0 Å². The fraction of sp³-hybridized carbons (Fsp3) is 0.409. The quantitative estimate of drug-likeness (QED) is 0.446. The van der Waals surface area contributed by atoms with Crippen LogP contribution in [-0.2, 0) is 6.42 Å². The largest absolute Gasteiger partial charge is 0.346 e. The van der Waals surface area contributed by atoms with E-state index < -0.39 is 0 Å². The number of aromatic nitrogens is 2. The number of fused-ring (bicyclic) bond motifs is 1. The van der Waals surface area contributed by atoms with Gasteiger partial charge in [-0.25, -0.2) is 4.98 Å².